The van der Waals surface area contributed by atoms with E-state index in [-0.39, 0.29) is 0 Å². The van der Waals surface area contributed by atoms with Crippen LogP contribution < -0.4 is 4.90 Å². The van der Waals surface area contributed by atoms with Crippen LogP contribution in [0.4, 0.5) is 5.95 Å². The molecule has 0 radical (unpaired) electrons. The van der Waals surface area contributed by atoms with E-state index in [1.165, 1.54) is 19.3 Å². The standard InChI is InChI=1S/C15H23N3O2/c1-2-15(19)7-3-4-11-8-18(9-12(11)15)14-16-13(20-17-14)10-5-6-10/h10-12,19H,2-9H2,1H3/t11-,12+,15-/m0/s1. The lowest BCUT2D eigenvalue weighted by molar-refractivity contribution is -0.0597. The second-order valence-electron chi connectivity index (χ2n) is 6.83. The van der Waals surface area contributed by atoms with Crippen molar-refractivity contribution in [3.05, 3.63) is 5.89 Å². The molecule has 3 fully saturated rings. The summed E-state index contributed by atoms with van der Waals surface area (Å²) < 4.78 is 5.37. The molecule has 0 unspecified atom stereocenters. The molecule has 2 aliphatic carbocycles. The summed E-state index contributed by atoms with van der Waals surface area (Å²) in [6, 6.07) is 0. The highest BCUT2D eigenvalue weighted by Crippen LogP contribution is 2.45. The minimum Gasteiger partial charge on any atom is -0.390 e. The normalized spacial score (nSPS) is 37.2. The van der Waals surface area contributed by atoms with E-state index in [0.717, 1.165) is 44.2 Å². The molecule has 3 aliphatic rings. The first-order valence-corrected chi connectivity index (χ1v) is 8.00. The van der Waals surface area contributed by atoms with Gasteiger partial charge < -0.3 is 14.5 Å². The highest BCUT2D eigenvalue weighted by molar-refractivity contribution is 5.32. The minimum absolute atomic E-state index is 0.365. The highest BCUT2D eigenvalue weighted by atomic mass is 16.5. The number of rotatable bonds is 3. The molecule has 0 bridgehead atoms. The Morgan fingerprint density at radius 2 is 2.20 bits per heavy atom. The zero-order chi connectivity index (χ0) is 13.7. The summed E-state index contributed by atoms with van der Waals surface area (Å²) in [7, 11) is 0. The van der Waals surface area contributed by atoms with Crippen LogP contribution in [0.3, 0.4) is 0 Å². The molecule has 110 valence electrons. The Morgan fingerprint density at radius 3 is 2.95 bits per heavy atom. The van der Waals surface area contributed by atoms with E-state index in [1.54, 1.807) is 0 Å². The summed E-state index contributed by atoms with van der Waals surface area (Å²) in [6.45, 7) is 3.94. The molecule has 2 saturated carbocycles. The third-order valence-corrected chi connectivity index (χ3v) is 5.57. The first-order valence-electron chi connectivity index (χ1n) is 8.00. The van der Waals surface area contributed by atoms with Crippen molar-refractivity contribution >= 4 is 5.95 Å². The highest BCUT2D eigenvalue weighted by Gasteiger charge is 2.48. The van der Waals surface area contributed by atoms with Gasteiger partial charge in [-0.15, -0.1) is 0 Å². The van der Waals surface area contributed by atoms with Gasteiger partial charge in [-0.3, -0.25) is 0 Å². The van der Waals surface area contributed by atoms with E-state index < -0.39 is 5.60 Å². The summed E-state index contributed by atoms with van der Waals surface area (Å²) in [6.07, 6.45) is 6.51. The summed E-state index contributed by atoms with van der Waals surface area (Å²) in [5.41, 5.74) is -0.485. The molecule has 1 saturated heterocycles. The van der Waals surface area contributed by atoms with Crippen LogP contribution in [-0.4, -0.2) is 33.9 Å². The number of hydrogen-bond donors (Lipinski definition) is 1. The van der Waals surface area contributed by atoms with E-state index in [9.17, 15) is 5.11 Å². The Balaban J connectivity index is 1.53. The van der Waals surface area contributed by atoms with Crippen molar-refractivity contribution in [3.63, 3.8) is 0 Å². The number of aliphatic hydroxyl groups is 1. The largest absolute Gasteiger partial charge is 0.390 e. The van der Waals surface area contributed by atoms with Crippen molar-refractivity contribution in [2.24, 2.45) is 11.8 Å². The van der Waals surface area contributed by atoms with Gasteiger partial charge in [-0.2, -0.15) is 4.98 Å². The van der Waals surface area contributed by atoms with Gasteiger partial charge in [-0.1, -0.05) is 13.3 Å². The van der Waals surface area contributed by atoms with Gasteiger partial charge in [0.2, 0.25) is 5.89 Å². The van der Waals surface area contributed by atoms with Crippen LogP contribution in [0.2, 0.25) is 0 Å². The van der Waals surface area contributed by atoms with Crippen molar-refractivity contribution < 1.29 is 9.63 Å². The number of aromatic nitrogens is 2. The van der Waals surface area contributed by atoms with Crippen LogP contribution in [0.5, 0.6) is 0 Å². The van der Waals surface area contributed by atoms with E-state index in [0.29, 0.717) is 17.8 Å². The van der Waals surface area contributed by atoms with Gasteiger partial charge in [0.1, 0.15) is 0 Å². The van der Waals surface area contributed by atoms with Crippen molar-refractivity contribution in [1.82, 2.24) is 10.1 Å². The summed E-state index contributed by atoms with van der Waals surface area (Å²) in [5.74, 6) is 3.00. The quantitative estimate of drug-likeness (QED) is 0.918. The predicted octanol–water partition coefficient (Wildman–Crippen LogP) is 2.32. The van der Waals surface area contributed by atoms with Crippen molar-refractivity contribution in [1.29, 1.82) is 0 Å². The molecule has 3 atom stereocenters. The Hall–Kier alpha value is -1.10. The molecule has 1 aromatic rings. The lowest BCUT2D eigenvalue weighted by atomic mass is 9.69. The lowest BCUT2D eigenvalue weighted by Crippen LogP contribution is -2.44. The third kappa shape index (κ3) is 1.94. The molecule has 20 heavy (non-hydrogen) atoms. The maximum Gasteiger partial charge on any atom is 0.266 e. The Morgan fingerprint density at radius 1 is 1.35 bits per heavy atom. The van der Waals surface area contributed by atoms with Gasteiger partial charge in [0.25, 0.3) is 5.95 Å². The first kappa shape index (κ1) is 12.6. The van der Waals surface area contributed by atoms with Gasteiger partial charge in [0.15, 0.2) is 0 Å². The minimum atomic E-state index is -0.485. The van der Waals surface area contributed by atoms with E-state index in [1.807, 2.05) is 0 Å². The number of nitrogens with zero attached hydrogens (tertiary/aromatic N) is 3. The second kappa shape index (κ2) is 4.45. The molecule has 5 nitrogen and oxygen atoms in total. The maximum atomic E-state index is 10.8. The molecule has 2 heterocycles. The molecule has 1 N–H and O–H groups in total. The van der Waals surface area contributed by atoms with Crippen LogP contribution in [0.1, 0.15) is 57.3 Å². The van der Waals surface area contributed by atoms with Gasteiger partial charge in [0, 0.05) is 24.9 Å². The molecule has 0 aromatic carbocycles. The van der Waals surface area contributed by atoms with E-state index >= 15 is 0 Å². The van der Waals surface area contributed by atoms with Crippen molar-refractivity contribution in [2.45, 2.75) is 57.0 Å². The monoisotopic (exact) mass is 277 g/mol. The molecular formula is C15H23N3O2. The van der Waals surface area contributed by atoms with Crippen LogP contribution in [-0.2, 0) is 0 Å². The SMILES string of the molecule is CC[C@]1(O)CCC[C@H]2CN(c3noc(C4CC4)n3)C[C@H]21. The lowest BCUT2D eigenvalue weighted by Gasteiger charge is -2.40. The average Bonchev–Trinajstić information content (AvgIpc) is 3.02. The fourth-order valence-electron chi connectivity index (χ4n) is 4.08. The Kier molecular flexibility index (Phi) is 2.81. The molecule has 5 heteroatoms. The van der Waals surface area contributed by atoms with Crippen LogP contribution >= 0.6 is 0 Å². The molecule has 1 aromatic heterocycles. The van der Waals surface area contributed by atoms with E-state index in [4.69, 9.17) is 4.52 Å². The van der Waals surface area contributed by atoms with Crippen molar-refractivity contribution in [2.75, 3.05) is 18.0 Å². The number of fused-ring (bicyclic) bond motifs is 1. The molecule has 1 aliphatic heterocycles. The molecular weight excluding hydrogens is 254 g/mol. The summed E-state index contributed by atoms with van der Waals surface area (Å²) >= 11 is 0. The average molecular weight is 277 g/mol. The Labute approximate surface area is 119 Å². The van der Waals surface area contributed by atoms with Crippen LogP contribution in [0.25, 0.3) is 0 Å². The fourth-order valence-corrected chi connectivity index (χ4v) is 4.08. The zero-order valence-electron chi connectivity index (χ0n) is 12.1. The maximum absolute atomic E-state index is 10.8. The van der Waals surface area contributed by atoms with Crippen LogP contribution in [0, 0.1) is 11.8 Å². The molecule has 4 rings (SSSR count). The summed E-state index contributed by atoms with van der Waals surface area (Å²) in [4.78, 5) is 6.77. The first-order chi connectivity index (χ1) is 9.69. The van der Waals surface area contributed by atoms with Gasteiger partial charge in [0.05, 0.1) is 5.60 Å². The number of hydrogen-bond acceptors (Lipinski definition) is 5. The third-order valence-electron chi connectivity index (χ3n) is 5.57. The molecule has 0 spiro atoms. The van der Waals surface area contributed by atoms with Gasteiger partial charge in [-0.05, 0) is 43.2 Å². The predicted molar refractivity (Wildman–Crippen MR) is 74.6 cm³/mol. The van der Waals surface area contributed by atoms with Crippen molar-refractivity contribution in [3.8, 4) is 0 Å². The van der Waals surface area contributed by atoms with Crippen LogP contribution in [0.15, 0.2) is 4.52 Å². The number of anilines is 1. The zero-order valence-corrected chi connectivity index (χ0v) is 12.1. The topological polar surface area (TPSA) is 62.4 Å². The van der Waals surface area contributed by atoms with Gasteiger partial charge in [-0.25, -0.2) is 0 Å². The smallest absolute Gasteiger partial charge is 0.266 e. The van der Waals surface area contributed by atoms with Gasteiger partial charge >= 0.3 is 0 Å². The summed E-state index contributed by atoms with van der Waals surface area (Å²) in [5, 5.41) is 15.0. The fraction of sp³-hybridized carbons (Fsp3) is 0.867. The Bertz CT molecular complexity index is 499. The molecule has 0 amide bonds. The van der Waals surface area contributed by atoms with E-state index in [2.05, 4.69) is 22.0 Å². The second-order valence-corrected chi connectivity index (χ2v) is 6.83.